The summed E-state index contributed by atoms with van der Waals surface area (Å²) in [4.78, 5) is 29.5. The molecule has 4 heterocycles. The third-order valence-electron chi connectivity index (χ3n) is 5.35. The number of ether oxygens (including phenoxy) is 1. The predicted molar refractivity (Wildman–Crippen MR) is 96.9 cm³/mol. The fourth-order valence-corrected chi connectivity index (χ4v) is 3.79. The molecule has 0 bridgehead atoms. The topological polar surface area (TPSA) is 100 Å². The molecule has 0 saturated carbocycles. The molecule has 27 heavy (non-hydrogen) atoms. The van der Waals surface area contributed by atoms with Crippen LogP contribution in [0.25, 0.3) is 0 Å². The van der Waals surface area contributed by atoms with Gasteiger partial charge in [0.05, 0.1) is 31.5 Å². The Hall–Kier alpha value is -2.39. The summed E-state index contributed by atoms with van der Waals surface area (Å²) in [6.07, 6.45) is 7.27. The van der Waals surface area contributed by atoms with E-state index in [0.29, 0.717) is 25.4 Å². The van der Waals surface area contributed by atoms with Gasteiger partial charge in [0.1, 0.15) is 17.3 Å². The van der Waals surface area contributed by atoms with E-state index in [1.807, 2.05) is 11.8 Å². The maximum Gasteiger partial charge on any atom is 0.274 e. The lowest BCUT2D eigenvalue weighted by Gasteiger charge is -2.47. The van der Waals surface area contributed by atoms with Crippen molar-refractivity contribution in [3.8, 4) is 0 Å². The van der Waals surface area contributed by atoms with E-state index in [4.69, 9.17) is 4.74 Å². The van der Waals surface area contributed by atoms with Gasteiger partial charge in [-0.05, 0) is 12.8 Å². The SMILES string of the molecule is CCc1n[nH]c(CN2CCC3(CC2)CN(C(=O)c2cnccn2)CCO3)n1. The largest absolute Gasteiger partial charge is 0.371 e. The van der Waals surface area contributed by atoms with Gasteiger partial charge >= 0.3 is 0 Å². The van der Waals surface area contributed by atoms with E-state index < -0.39 is 0 Å². The number of carbonyl (C=O) groups excluding carboxylic acids is 1. The van der Waals surface area contributed by atoms with Gasteiger partial charge in [0.15, 0.2) is 0 Å². The van der Waals surface area contributed by atoms with Gasteiger partial charge in [-0.3, -0.25) is 19.8 Å². The molecule has 144 valence electrons. The van der Waals surface area contributed by atoms with Crippen molar-refractivity contribution < 1.29 is 9.53 Å². The molecule has 0 aromatic carbocycles. The first-order chi connectivity index (χ1) is 13.2. The van der Waals surface area contributed by atoms with Crippen LogP contribution in [0, 0.1) is 0 Å². The number of aromatic amines is 1. The molecule has 1 spiro atoms. The summed E-state index contributed by atoms with van der Waals surface area (Å²) in [7, 11) is 0. The molecule has 0 unspecified atom stereocenters. The highest BCUT2D eigenvalue weighted by molar-refractivity contribution is 5.92. The van der Waals surface area contributed by atoms with Crippen LogP contribution in [-0.4, -0.2) is 79.2 Å². The highest BCUT2D eigenvalue weighted by Gasteiger charge is 2.41. The van der Waals surface area contributed by atoms with E-state index in [9.17, 15) is 4.79 Å². The van der Waals surface area contributed by atoms with Crippen LogP contribution in [0.4, 0.5) is 0 Å². The number of likely N-dealkylation sites (tertiary alicyclic amines) is 1. The highest BCUT2D eigenvalue weighted by atomic mass is 16.5. The molecule has 2 saturated heterocycles. The number of hydrogen-bond donors (Lipinski definition) is 1. The summed E-state index contributed by atoms with van der Waals surface area (Å²) in [5, 5.41) is 7.21. The summed E-state index contributed by atoms with van der Waals surface area (Å²) in [5.74, 6) is 1.70. The molecule has 2 aliphatic rings. The maximum atomic E-state index is 12.7. The van der Waals surface area contributed by atoms with E-state index in [0.717, 1.165) is 50.5 Å². The van der Waals surface area contributed by atoms with E-state index in [-0.39, 0.29) is 11.5 Å². The van der Waals surface area contributed by atoms with Gasteiger partial charge in [-0.25, -0.2) is 9.97 Å². The Labute approximate surface area is 158 Å². The van der Waals surface area contributed by atoms with Gasteiger partial charge in [0, 0.05) is 38.4 Å². The number of hydrogen-bond acceptors (Lipinski definition) is 7. The first-order valence-electron chi connectivity index (χ1n) is 9.49. The average molecular weight is 371 g/mol. The minimum atomic E-state index is -0.261. The van der Waals surface area contributed by atoms with Gasteiger partial charge in [0.2, 0.25) is 0 Å². The fraction of sp³-hybridized carbons (Fsp3) is 0.611. The zero-order chi connectivity index (χ0) is 18.7. The summed E-state index contributed by atoms with van der Waals surface area (Å²) >= 11 is 0. The lowest BCUT2D eigenvalue weighted by atomic mass is 9.89. The highest BCUT2D eigenvalue weighted by Crippen LogP contribution is 2.31. The van der Waals surface area contributed by atoms with Gasteiger partial charge in [-0.1, -0.05) is 6.92 Å². The van der Waals surface area contributed by atoms with Crippen molar-refractivity contribution in [1.29, 1.82) is 0 Å². The van der Waals surface area contributed by atoms with Crippen LogP contribution in [0.5, 0.6) is 0 Å². The van der Waals surface area contributed by atoms with Crippen LogP contribution >= 0.6 is 0 Å². The van der Waals surface area contributed by atoms with Crippen molar-refractivity contribution in [1.82, 2.24) is 34.9 Å². The fourth-order valence-electron chi connectivity index (χ4n) is 3.79. The quantitative estimate of drug-likeness (QED) is 0.843. The van der Waals surface area contributed by atoms with E-state index in [1.54, 1.807) is 12.4 Å². The number of piperidine rings is 1. The van der Waals surface area contributed by atoms with Crippen molar-refractivity contribution in [2.45, 2.75) is 38.3 Å². The summed E-state index contributed by atoms with van der Waals surface area (Å²) < 4.78 is 6.15. The minimum absolute atomic E-state index is 0.0676. The van der Waals surface area contributed by atoms with Crippen molar-refractivity contribution >= 4 is 5.91 Å². The number of aromatic nitrogens is 5. The molecule has 9 heteroatoms. The van der Waals surface area contributed by atoms with Crippen LogP contribution in [0.3, 0.4) is 0 Å². The zero-order valence-electron chi connectivity index (χ0n) is 15.6. The second-order valence-electron chi connectivity index (χ2n) is 7.18. The van der Waals surface area contributed by atoms with Gasteiger partial charge < -0.3 is 9.64 Å². The predicted octanol–water partition coefficient (Wildman–Crippen LogP) is 0.664. The Morgan fingerprint density at radius 1 is 1.30 bits per heavy atom. The Balaban J connectivity index is 1.35. The molecule has 2 aromatic rings. The van der Waals surface area contributed by atoms with Gasteiger partial charge in [-0.15, -0.1) is 0 Å². The van der Waals surface area contributed by atoms with Gasteiger partial charge in [-0.2, -0.15) is 5.10 Å². The summed E-state index contributed by atoms with van der Waals surface area (Å²) in [6.45, 7) is 6.41. The van der Waals surface area contributed by atoms with Crippen LogP contribution < -0.4 is 0 Å². The lowest BCUT2D eigenvalue weighted by molar-refractivity contribution is -0.128. The molecule has 0 aliphatic carbocycles. The number of aryl methyl sites for hydroxylation is 1. The maximum absolute atomic E-state index is 12.7. The molecule has 2 aromatic heterocycles. The van der Waals surface area contributed by atoms with Crippen molar-refractivity contribution in [3.05, 3.63) is 35.9 Å². The molecular formula is C18H25N7O2. The number of H-pyrrole nitrogens is 1. The smallest absolute Gasteiger partial charge is 0.274 e. The Kier molecular flexibility index (Phi) is 5.13. The van der Waals surface area contributed by atoms with Gasteiger partial charge in [0.25, 0.3) is 5.91 Å². The second-order valence-corrected chi connectivity index (χ2v) is 7.18. The number of nitrogens with zero attached hydrogens (tertiary/aromatic N) is 6. The molecule has 9 nitrogen and oxygen atoms in total. The van der Waals surface area contributed by atoms with Crippen molar-refractivity contribution in [2.75, 3.05) is 32.8 Å². The molecule has 0 atom stereocenters. The number of carbonyl (C=O) groups is 1. The standard InChI is InChI=1S/C18H25N7O2/c1-2-15-21-16(23-22-15)12-24-7-3-18(4-8-24)13-25(9-10-27-18)17(26)14-11-19-5-6-20-14/h5-6,11H,2-4,7-10,12-13H2,1H3,(H,21,22,23). The number of amides is 1. The van der Waals surface area contributed by atoms with Crippen molar-refractivity contribution in [2.24, 2.45) is 0 Å². The van der Waals surface area contributed by atoms with Crippen LogP contribution in [0.2, 0.25) is 0 Å². The van der Waals surface area contributed by atoms with Crippen LogP contribution in [-0.2, 0) is 17.7 Å². The first kappa shape index (κ1) is 18.0. The number of rotatable bonds is 4. The molecule has 2 aliphatic heterocycles. The normalized spacial score (nSPS) is 20.1. The monoisotopic (exact) mass is 371 g/mol. The third-order valence-corrected chi connectivity index (χ3v) is 5.35. The number of nitrogens with one attached hydrogen (secondary N) is 1. The van der Waals surface area contributed by atoms with E-state index >= 15 is 0 Å². The molecule has 2 fully saturated rings. The van der Waals surface area contributed by atoms with Crippen LogP contribution in [0.1, 0.15) is 41.9 Å². The Morgan fingerprint density at radius 2 is 2.15 bits per heavy atom. The minimum Gasteiger partial charge on any atom is -0.371 e. The Morgan fingerprint density at radius 3 is 2.85 bits per heavy atom. The lowest BCUT2D eigenvalue weighted by Crippen LogP contribution is -2.58. The third kappa shape index (κ3) is 3.98. The molecule has 1 amide bonds. The van der Waals surface area contributed by atoms with E-state index in [1.165, 1.54) is 6.20 Å². The average Bonchev–Trinajstić information content (AvgIpc) is 3.18. The van der Waals surface area contributed by atoms with Crippen molar-refractivity contribution in [3.63, 3.8) is 0 Å². The van der Waals surface area contributed by atoms with E-state index in [2.05, 4.69) is 30.0 Å². The molecule has 1 N–H and O–H groups in total. The molecular weight excluding hydrogens is 346 g/mol. The molecule has 0 radical (unpaired) electrons. The molecule has 4 rings (SSSR count). The summed E-state index contributed by atoms with van der Waals surface area (Å²) in [6, 6.07) is 0. The Bertz CT molecular complexity index is 771. The first-order valence-corrected chi connectivity index (χ1v) is 9.49. The second kappa shape index (κ2) is 7.69. The number of morpholine rings is 1. The summed E-state index contributed by atoms with van der Waals surface area (Å²) in [5.41, 5.74) is 0.131. The zero-order valence-corrected chi connectivity index (χ0v) is 15.6. The van der Waals surface area contributed by atoms with Crippen LogP contribution in [0.15, 0.2) is 18.6 Å².